The Morgan fingerprint density at radius 2 is 2.24 bits per heavy atom. The third-order valence-corrected chi connectivity index (χ3v) is 3.97. The molecule has 0 radical (unpaired) electrons. The SMILES string of the molecule is CCOC(=O)C(O)c1ccccc1SC1CC1. The second kappa shape index (κ2) is 5.56. The van der Waals surface area contributed by atoms with Crippen LogP contribution in [0, 0.1) is 0 Å². The molecule has 1 fully saturated rings. The molecule has 1 aliphatic carbocycles. The Hall–Kier alpha value is -1.00. The van der Waals surface area contributed by atoms with Crippen LogP contribution in [-0.4, -0.2) is 22.9 Å². The summed E-state index contributed by atoms with van der Waals surface area (Å²) in [5.41, 5.74) is 0.655. The standard InChI is InChI=1S/C13H16O3S/c1-2-16-13(15)12(14)10-5-3-4-6-11(10)17-9-7-8-9/h3-6,9,12,14H,2,7-8H2,1H3. The Morgan fingerprint density at radius 1 is 1.53 bits per heavy atom. The van der Waals surface area contributed by atoms with Gasteiger partial charge >= 0.3 is 5.97 Å². The zero-order chi connectivity index (χ0) is 12.3. The molecule has 0 aromatic heterocycles. The summed E-state index contributed by atoms with van der Waals surface area (Å²) in [7, 11) is 0. The molecule has 17 heavy (non-hydrogen) atoms. The minimum absolute atomic E-state index is 0.286. The Balaban J connectivity index is 2.14. The van der Waals surface area contributed by atoms with E-state index in [0.717, 1.165) is 4.90 Å². The van der Waals surface area contributed by atoms with Crippen LogP contribution in [0.15, 0.2) is 29.2 Å². The topological polar surface area (TPSA) is 46.5 Å². The van der Waals surface area contributed by atoms with E-state index >= 15 is 0 Å². The van der Waals surface area contributed by atoms with E-state index in [2.05, 4.69) is 0 Å². The number of aliphatic hydroxyl groups excluding tert-OH is 1. The number of thioether (sulfide) groups is 1. The molecular weight excluding hydrogens is 236 g/mol. The number of hydrogen-bond donors (Lipinski definition) is 1. The summed E-state index contributed by atoms with van der Waals surface area (Å²) < 4.78 is 4.84. The van der Waals surface area contributed by atoms with Gasteiger partial charge < -0.3 is 9.84 Å². The first-order valence-electron chi connectivity index (χ1n) is 5.82. The Bertz CT molecular complexity index is 401. The van der Waals surface area contributed by atoms with Crippen molar-refractivity contribution in [2.75, 3.05) is 6.61 Å². The fourth-order valence-corrected chi connectivity index (χ4v) is 2.73. The smallest absolute Gasteiger partial charge is 0.339 e. The van der Waals surface area contributed by atoms with Gasteiger partial charge in [0.25, 0.3) is 0 Å². The lowest BCUT2D eigenvalue weighted by atomic mass is 10.1. The molecule has 1 aromatic carbocycles. The lowest BCUT2D eigenvalue weighted by Crippen LogP contribution is -2.16. The summed E-state index contributed by atoms with van der Waals surface area (Å²) >= 11 is 1.73. The molecule has 0 amide bonds. The van der Waals surface area contributed by atoms with E-state index in [1.54, 1.807) is 24.8 Å². The van der Waals surface area contributed by atoms with Crippen LogP contribution in [0.5, 0.6) is 0 Å². The lowest BCUT2D eigenvalue weighted by molar-refractivity contribution is -0.153. The molecule has 92 valence electrons. The molecular formula is C13H16O3S. The summed E-state index contributed by atoms with van der Waals surface area (Å²) in [4.78, 5) is 12.5. The largest absolute Gasteiger partial charge is 0.464 e. The first-order valence-corrected chi connectivity index (χ1v) is 6.70. The van der Waals surface area contributed by atoms with Crippen molar-refractivity contribution in [2.45, 2.75) is 36.0 Å². The van der Waals surface area contributed by atoms with Gasteiger partial charge in [-0.1, -0.05) is 18.2 Å². The van der Waals surface area contributed by atoms with Gasteiger partial charge in [0.15, 0.2) is 6.10 Å². The molecule has 0 saturated heterocycles. The maximum atomic E-state index is 11.5. The molecule has 1 aromatic rings. The summed E-state index contributed by atoms with van der Waals surface area (Å²) in [6, 6.07) is 7.48. The summed E-state index contributed by atoms with van der Waals surface area (Å²) in [6.07, 6.45) is 1.26. The number of hydrogen-bond acceptors (Lipinski definition) is 4. The summed E-state index contributed by atoms with van der Waals surface area (Å²) in [5.74, 6) is -0.573. The van der Waals surface area contributed by atoms with Gasteiger partial charge in [0.05, 0.1) is 6.61 Å². The van der Waals surface area contributed by atoms with Crippen molar-refractivity contribution in [3.63, 3.8) is 0 Å². The minimum Gasteiger partial charge on any atom is -0.464 e. The molecule has 1 aliphatic rings. The van der Waals surface area contributed by atoms with E-state index < -0.39 is 12.1 Å². The van der Waals surface area contributed by atoms with Gasteiger partial charge in [-0.2, -0.15) is 0 Å². The predicted octanol–water partition coefficient (Wildman–Crippen LogP) is 2.54. The van der Waals surface area contributed by atoms with Gasteiger partial charge in [-0.3, -0.25) is 0 Å². The summed E-state index contributed by atoms with van der Waals surface area (Å²) in [5, 5.41) is 10.6. The van der Waals surface area contributed by atoms with Crippen LogP contribution in [0.4, 0.5) is 0 Å². The highest BCUT2D eigenvalue weighted by molar-refractivity contribution is 8.00. The molecule has 1 unspecified atom stereocenters. The van der Waals surface area contributed by atoms with E-state index in [9.17, 15) is 9.90 Å². The van der Waals surface area contributed by atoms with Crippen molar-refractivity contribution in [3.05, 3.63) is 29.8 Å². The zero-order valence-electron chi connectivity index (χ0n) is 9.76. The number of benzene rings is 1. The van der Waals surface area contributed by atoms with Gasteiger partial charge in [-0.25, -0.2) is 4.79 Å². The minimum atomic E-state index is -1.17. The van der Waals surface area contributed by atoms with Crippen LogP contribution in [0.25, 0.3) is 0 Å². The van der Waals surface area contributed by atoms with Crippen molar-refractivity contribution in [1.82, 2.24) is 0 Å². The highest BCUT2D eigenvalue weighted by atomic mass is 32.2. The van der Waals surface area contributed by atoms with Crippen LogP contribution >= 0.6 is 11.8 Å². The molecule has 1 saturated carbocycles. The van der Waals surface area contributed by atoms with Gasteiger partial charge in [0.1, 0.15) is 0 Å². The lowest BCUT2D eigenvalue weighted by Gasteiger charge is -2.13. The third-order valence-electron chi connectivity index (χ3n) is 2.54. The van der Waals surface area contributed by atoms with Crippen LogP contribution in [-0.2, 0) is 9.53 Å². The monoisotopic (exact) mass is 252 g/mol. The van der Waals surface area contributed by atoms with E-state index in [-0.39, 0.29) is 6.61 Å². The zero-order valence-corrected chi connectivity index (χ0v) is 10.6. The Kier molecular flexibility index (Phi) is 4.07. The average molecular weight is 252 g/mol. The second-order valence-electron chi connectivity index (χ2n) is 4.01. The van der Waals surface area contributed by atoms with Crippen molar-refractivity contribution in [3.8, 4) is 0 Å². The Labute approximate surface area is 105 Å². The highest BCUT2D eigenvalue weighted by Gasteiger charge is 2.27. The normalized spacial score (nSPS) is 16.6. The molecule has 3 nitrogen and oxygen atoms in total. The maximum Gasteiger partial charge on any atom is 0.339 e. The van der Waals surface area contributed by atoms with Gasteiger partial charge in [0, 0.05) is 15.7 Å². The number of rotatable bonds is 5. The maximum absolute atomic E-state index is 11.5. The number of ether oxygens (including phenoxy) is 1. The Morgan fingerprint density at radius 3 is 2.88 bits per heavy atom. The third kappa shape index (κ3) is 3.23. The number of carbonyl (C=O) groups excluding carboxylic acids is 1. The van der Waals surface area contributed by atoms with Crippen molar-refractivity contribution in [2.24, 2.45) is 0 Å². The van der Waals surface area contributed by atoms with Crippen molar-refractivity contribution in [1.29, 1.82) is 0 Å². The number of esters is 1. The van der Waals surface area contributed by atoms with E-state index in [1.165, 1.54) is 12.8 Å². The highest BCUT2D eigenvalue weighted by Crippen LogP contribution is 2.41. The molecule has 4 heteroatoms. The van der Waals surface area contributed by atoms with Crippen LogP contribution in [0.2, 0.25) is 0 Å². The van der Waals surface area contributed by atoms with Crippen LogP contribution < -0.4 is 0 Å². The van der Waals surface area contributed by atoms with Crippen molar-refractivity contribution >= 4 is 17.7 Å². The molecule has 0 bridgehead atoms. The average Bonchev–Trinajstić information content (AvgIpc) is 3.13. The first-order chi connectivity index (χ1) is 8.22. The van der Waals surface area contributed by atoms with Gasteiger partial charge in [-0.15, -0.1) is 11.8 Å². The van der Waals surface area contributed by atoms with E-state index in [4.69, 9.17) is 4.74 Å². The van der Waals surface area contributed by atoms with E-state index in [0.29, 0.717) is 10.8 Å². The first kappa shape index (κ1) is 12.5. The van der Waals surface area contributed by atoms with Crippen LogP contribution in [0.3, 0.4) is 0 Å². The van der Waals surface area contributed by atoms with Gasteiger partial charge in [0.2, 0.25) is 0 Å². The molecule has 0 heterocycles. The number of aliphatic hydroxyl groups is 1. The van der Waals surface area contributed by atoms with Gasteiger partial charge in [-0.05, 0) is 25.8 Å². The molecule has 0 aliphatic heterocycles. The number of carbonyl (C=O) groups is 1. The summed E-state index contributed by atoms with van der Waals surface area (Å²) in [6.45, 7) is 2.02. The molecule has 2 rings (SSSR count). The van der Waals surface area contributed by atoms with Crippen LogP contribution in [0.1, 0.15) is 31.4 Å². The fraction of sp³-hybridized carbons (Fsp3) is 0.462. The van der Waals surface area contributed by atoms with E-state index in [1.807, 2.05) is 18.2 Å². The van der Waals surface area contributed by atoms with Crippen molar-refractivity contribution < 1.29 is 14.6 Å². The predicted molar refractivity (Wildman–Crippen MR) is 66.9 cm³/mol. The molecule has 0 spiro atoms. The fourth-order valence-electron chi connectivity index (χ4n) is 1.53. The quantitative estimate of drug-likeness (QED) is 0.818. The second-order valence-corrected chi connectivity index (χ2v) is 5.35. The molecule has 1 atom stereocenters. The molecule has 1 N–H and O–H groups in total.